The first-order chi connectivity index (χ1) is 17.1. The zero-order valence-corrected chi connectivity index (χ0v) is 20.5. The molecule has 36 heavy (non-hydrogen) atoms. The van der Waals surface area contributed by atoms with Crippen LogP contribution in [0, 0.1) is 0 Å². The van der Waals surface area contributed by atoms with Crippen LogP contribution in [0.1, 0.15) is 36.0 Å². The van der Waals surface area contributed by atoms with Crippen molar-refractivity contribution in [3.63, 3.8) is 0 Å². The van der Waals surface area contributed by atoms with Crippen LogP contribution >= 0.6 is 23.2 Å². The van der Waals surface area contributed by atoms with Crippen LogP contribution in [-0.4, -0.2) is 88.4 Å². The van der Waals surface area contributed by atoms with E-state index in [1.807, 2.05) is 0 Å². The van der Waals surface area contributed by atoms with Crippen LogP contribution in [-0.2, 0) is 19.2 Å². The van der Waals surface area contributed by atoms with E-state index in [-0.39, 0.29) is 53.6 Å². The van der Waals surface area contributed by atoms with E-state index in [0.29, 0.717) is 6.42 Å². The Morgan fingerprint density at radius 2 is 1.89 bits per heavy atom. The minimum atomic E-state index is -1.32. The van der Waals surface area contributed by atoms with E-state index < -0.39 is 48.2 Å². The summed E-state index contributed by atoms with van der Waals surface area (Å²) in [5.74, 6) is -3.14. The number of nitrogens with zero attached hydrogens (tertiary/aromatic N) is 3. The highest BCUT2D eigenvalue weighted by Crippen LogP contribution is 2.34. The fraction of sp³-hybridized carbons (Fsp3) is 0.429. The molecule has 1 aromatic rings. The van der Waals surface area contributed by atoms with Crippen molar-refractivity contribution < 1.29 is 38.6 Å². The summed E-state index contributed by atoms with van der Waals surface area (Å²) in [5, 5.41) is 14.3. The maximum absolute atomic E-state index is 13.4. The van der Waals surface area contributed by atoms with Gasteiger partial charge in [-0.05, 0) is 25.0 Å². The number of benzene rings is 1. The third kappa shape index (κ3) is 5.79. The minimum absolute atomic E-state index is 0.0152. The molecular formula is C21H23Cl2N5O8. The number of carbonyl (C=O) groups excluding carboxylic acids is 5. The summed E-state index contributed by atoms with van der Waals surface area (Å²) in [6.45, 7) is -0.0234. The number of aldehydes is 1. The molecule has 0 saturated carbocycles. The predicted molar refractivity (Wildman–Crippen MR) is 124 cm³/mol. The van der Waals surface area contributed by atoms with Gasteiger partial charge in [-0.15, -0.1) is 0 Å². The number of nitrogens with one attached hydrogen (secondary N) is 2. The van der Waals surface area contributed by atoms with Crippen molar-refractivity contribution >= 4 is 59.2 Å². The van der Waals surface area contributed by atoms with Crippen LogP contribution in [0.2, 0.25) is 10.0 Å². The maximum Gasteiger partial charge on any atom is 0.358 e. The van der Waals surface area contributed by atoms with Crippen molar-refractivity contribution in [3.8, 4) is 5.75 Å². The van der Waals surface area contributed by atoms with Gasteiger partial charge in [-0.3, -0.25) is 24.6 Å². The van der Waals surface area contributed by atoms with Crippen LogP contribution < -0.4 is 15.5 Å². The van der Waals surface area contributed by atoms with Crippen LogP contribution in [0.15, 0.2) is 12.1 Å². The Morgan fingerprint density at radius 3 is 2.47 bits per heavy atom. The van der Waals surface area contributed by atoms with Crippen molar-refractivity contribution in [2.24, 2.45) is 0 Å². The number of carbonyl (C=O) groups is 6. The molecule has 1 aromatic carbocycles. The van der Waals surface area contributed by atoms with Crippen molar-refractivity contribution in [2.45, 2.75) is 37.8 Å². The third-order valence-electron chi connectivity index (χ3n) is 5.56. The lowest BCUT2D eigenvalue weighted by Gasteiger charge is -2.42. The second kappa shape index (κ2) is 11.4. The molecule has 13 nitrogen and oxygen atoms in total. The number of urea groups is 1. The minimum Gasteiger partial charge on any atom is -0.494 e. The van der Waals surface area contributed by atoms with E-state index in [1.165, 1.54) is 19.2 Å². The first-order valence-electron chi connectivity index (χ1n) is 10.8. The molecule has 2 aliphatic rings. The van der Waals surface area contributed by atoms with Gasteiger partial charge in [-0.2, -0.15) is 0 Å². The molecule has 3 N–H and O–H groups in total. The lowest BCUT2D eigenvalue weighted by molar-refractivity contribution is -0.155. The second-order valence-corrected chi connectivity index (χ2v) is 8.78. The standard InChI is InChI=1S/C21H23Cl2N5O8/c1-36-18-13(22)7-11(8-14(18)23)19(33)25-26-6-4-16(30)27-5-2-3-15(28(27)21(26)35)20(34)24-12(10-29)9-17(31)32/h7-8,10,12,15H,2-6,9H2,1H3,(H,24,34)(H,25,33)(H,31,32)/t12-,15-/m0/s1. The number of aliphatic carboxylic acids is 1. The molecule has 2 saturated heterocycles. The molecule has 5 amide bonds. The number of carboxylic acid groups (broad SMARTS) is 1. The SMILES string of the molecule is COc1c(Cl)cc(C(=O)NN2CCC(=O)N3CCC[C@@H](C(=O)N[C@H](C=O)CC(=O)O)N3C2=O)cc1Cl. The fourth-order valence-corrected chi connectivity index (χ4v) is 4.53. The molecule has 0 aliphatic carbocycles. The Balaban J connectivity index is 1.83. The number of halogens is 2. The van der Waals surface area contributed by atoms with Crippen LogP contribution in [0.25, 0.3) is 0 Å². The summed E-state index contributed by atoms with van der Waals surface area (Å²) in [6, 6.07) is -0.806. The van der Waals surface area contributed by atoms with E-state index in [2.05, 4.69) is 10.7 Å². The molecule has 2 atom stereocenters. The van der Waals surface area contributed by atoms with Crippen molar-refractivity contribution in [3.05, 3.63) is 27.7 Å². The van der Waals surface area contributed by atoms with Gasteiger partial charge >= 0.3 is 12.0 Å². The van der Waals surface area contributed by atoms with Gasteiger partial charge in [0.25, 0.3) is 5.91 Å². The van der Waals surface area contributed by atoms with E-state index in [1.54, 1.807) is 0 Å². The van der Waals surface area contributed by atoms with Gasteiger partial charge in [0, 0.05) is 18.5 Å². The lowest BCUT2D eigenvalue weighted by atomic mass is 10.1. The average molecular weight is 544 g/mol. The second-order valence-electron chi connectivity index (χ2n) is 7.97. The lowest BCUT2D eigenvalue weighted by Crippen LogP contribution is -2.64. The molecule has 2 heterocycles. The Hall–Kier alpha value is -3.58. The highest BCUT2D eigenvalue weighted by molar-refractivity contribution is 6.37. The zero-order chi connectivity index (χ0) is 26.6. The predicted octanol–water partition coefficient (Wildman–Crippen LogP) is 0.839. The molecule has 15 heteroatoms. The zero-order valence-electron chi connectivity index (χ0n) is 19.0. The molecule has 0 radical (unpaired) electrons. The highest BCUT2D eigenvalue weighted by Gasteiger charge is 2.44. The summed E-state index contributed by atoms with van der Waals surface area (Å²) < 4.78 is 5.05. The molecule has 0 bridgehead atoms. The van der Waals surface area contributed by atoms with Gasteiger partial charge in [0.2, 0.25) is 11.8 Å². The number of amides is 5. The van der Waals surface area contributed by atoms with Gasteiger partial charge in [0.1, 0.15) is 12.3 Å². The smallest absolute Gasteiger partial charge is 0.358 e. The van der Waals surface area contributed by atoms with Crippen molar-refractivity contribution in [1.29, 1.82) is 0 Å². The molecule has 0 spiro atoms. The van der Waals surface area contributed by atoms with Gasteiger partial charge < -0.3 is 20.0 Å². The number of rotatable bonds is 8. The Labute approximate surface area is 215 Å². The van der Waals surface area contributed by atoms with E-state index in [9.17, 15) is 28.8 Å². The number of carboxylic acids is 1. The summed E-state index contributed by atoms with van der Waals surface area (Å²) in [4.78, 5) is 74.0. The first-order valence-corrected chi connectivity index (χ1v) is 11.6. The van der Waals surface area contributed by atoms with Crippen molar-refractivity contribution in [1.82, 2.24) is 25.8 Å². The first kappa shape index (κ1) is 27.0. The summed E-state index contributed by atoms with van der Waals surface area (Å²) >= 11 is 12.2. The monoisotopic (exact) mass is 543 g/mol. The third-order valence-corrected chi connectivity index (χ3v) is 6.12. The molecule has 2 fully saturated rings. The van der Waals surface area contributed by atoms with Gasteiger partial charge in [0.05, 0.1) is 36.2 Å². The number of ether oxygens (including phenoxy) is 1. The Morgan fingerprint density at radius 1 is 1.22 bits per heavy atom. The molecule has 3 rings (SSSR count). The van der Waals surface area contributed by atoms with E-state index >= 15 is 0 Å². The summed E-state index contributed by atoms with van der Waals surface area (Å²) in [6.07, 6.45) is 0.0172. The molecular weight excluding hydrogens is 521 g/mol. The largest absolute Gasteiger partial charge is 0.494 e. The van der Waals surface area contributed by atoms with Crippen LogP contribution in [0.4, 0.5) is 4.79 Å². The number of hydrazine groups is 2. The van der Waals surface area contributed by atoms with E-state index in [0.717, 1.165) is 15.0 Å². The number of methoxy groups -OCH3 is 1. The maximum atomic E-state index is 13.4. The number of hydrogen-bond acceptors (Lipinski definition) is 7. The summed E-state index contributed by atoms with van der Waals surface area (Å²) in [7, 11) is 1.36. The number of fused-ring (bicyclic) bond motifs is 1. The quantitative estimate of drug-likeness (QED) is 0.405. The van der Waals surface area contributed by atoms with Gasteiger partial charge in [-0.25, -0.2) is 19.8 Å². The summed E-state index contributed by atoms with van der Waals surface area (Å²) in [5.41, 5.74) is 2.42. The number of hydrogen-bond donors (Lipinski definition) is 3. The highest BCUT2D eigenvalue weighted by atomic mass is 35.5. The molecule has 0 unspecified atom stereocenters. The Kier molecular flexibility index (Phi) is 8.58. The average Bonchev–Trinajstić information content (AvgIpc) is 2.95. The molecule has 2 aliphatic heterocycles. The van der Waals surface area contributed by atoms with Gasteiger partial charge in [0.15, 0.2) is 5.75 Å². The van der Waals surface area contributed by atoms with E-state index in [4.69, 9.17) is 33.0 Å². The van der Waals surface area contributed by atoms with Gasteiger partial charge in [-0.1, -0.05) is 23.2 Å². The van der Waals surface area contributed by atoms with Crippen molar-refractivity contribution in [2.75, 3.05) is 20.2 Å². The fourth-order valence-electron chi connectivity index (χ4n) is 3.89. The molecule has 194 valence electrons. The van der Waals surface area contributed by atoms with Crippen LogP contribution in [0.5, 0.6) is 5.75 Å². The molecule has 0 aromatic heterocycles. The Bertz CT molecular complexity index is 1080. The van der Waals surface area contributed by atoms with Crippen LogP contribution in [0.3, 0.4) is 0 Å². The normalized spacial score (nSPS) is 18.6. The topological polar surface area (TPSA) is 166 Å².